The Balaban J connectivity index is 1.47. The summed E-state index contributed by atoms with van der Waals surface area (Å²) in [4.78, 5) is 15.0. The molecule has 2 heterocycles. The second-order valence-corrected chi connectivity index (χ2v) is 10.1. The third kappa shape index (κ3) is 4.13. The Morgan fingerprint density at radius 1 is 1.00 bits per heavy atom. The zero-order valence-electron chi connectivity index (χ0n) is 21.5. The lowest BCUT2D eigenvalue weighted by molar-refractivity contribution is -0.124. The number of nitrogens with one attached hydrogen (secondary N) is 1. The minimum Gasteiger partial charge on any atom is -0.490 e. The van der Waals surface area contributed by atoms with E-state index in [0.29, 0.717) is 37.7 Å². The van der Waals surface area contributed by atoms with Crippen molar-refractivity contribution < 1.29 is 14.3 Å². The molecule has 0 spiro atoms. The summed E-state index contributed by atoms with van der Waals surface area (Å²) in [5.41, 5.74) is 4.80. The number of hydrogen-bond acceptors (Lipinski definition) is 4. The molecule has 5 rings (SSSR count). The highest BCUT2D eigenvalue weighted by molar-refractivity contribution is 5.84. The van der Waals surface area contributed by atoms with Crippen LogP contribution < -0.4 is 19.7 Å². The molecular formula is C31H34N2O3. The summed E-state index contributed by atoms with van der Waals surface area (Å²) < 4.78 is 12.0. The molecule has 2 aliphatic rings. The maximum atomic E-state index is 12.7. The molecule has 3 aromatic rings. The molecule has 5 heteroatoms. The van der Waals surface area contributed by atoms with Gasteiger partial charge in [-0.25, -0.2) is 0 Å². The Labute approximate surface area is 213 Å². The predicted octanol–water partition coefficient (Wildman–Crippen LogP) is 6.00. The van der Waals surface area contributed by atoms with Gasteiger partial charge in [0, 0.05) is 24.1 Å². The summed E-state index contributed by atoms with van der Waals surface area (Å²) in [6, 6.07) is 22.7. The first kappa shape index (κ1) is 24.0. The van der Waals surface area contributed by atoms with Gasteiger partial charge in [0.15, 0.2) is 11.5 Å². The van der Waals surface area contributed by atoms with Crippen LogP contribution in [-0.2, 0) is 16.8 Å². The fourth-order valence-corrected chi connectivity index (χ4v) is 5.44. The van der Waals surface area contributed by atoms with Crippen molar-refractivity contribution >= 4 is 17.7 Å². The SMILES string of the molecule is CCOc1cc(C=C[C@]23NC(=O)CCN2c2ccc(C)cc2C3(C)C)ccc1OCc1ccccc1. The highest BCUT2D eigenvalue weighted by Gasteiger charge is 2.57. The number of amides is 1. The second-order valence-electron chi connectivity index (χ2n) is 10.1. The topological polar surface area (TPSA) is 50.8 Å². The molecule has 1 fully saturated rings. The number of ether oxygens (including phenoxy) is 2. The zero-order chi connectivity index (χ0) is 25.3. The number of benzene rings is 3. The molecule has 0 radical (unpaired) electrons. The van der Waals surface area contributed by atoms with Gasteiger partial charge >= 0.3 is 0 Å². The van der Waals surface area contributed by atoms with Gasteiger partial charge in [0.25, 0.3) is 0 Å². The van der Waals surface area contributed by atoms with Crippen LogP contribution in [0.2, 0.25) is 0 Å². The van der Waals surface area contributed by atoms with Gasteiger partial charge in [0.1, 0.15) is 12.3 Å². The van der Waals surface area contributed by atoms with E-state index in [1.165, 1.54) is 16.8 Å². The normalized spacial score (nSPS) is 20.1. The average Bonchev–Trinajstić information content (AvgIpc) is 3.06. The van der Waals surface area contributed by atoms with Gasteiger partial charge in [-0.15, -0.1) is 0 Å². The van der Waals surface area contributed by atoms with E-state index in [1.807, 2.05) is 55.5 Å². The largest absolute Gasteiger partial charge is 0.490 e. The van der Waals surface area contributed by atoms with Crippen molar-refractivity contribution in [1.29, 1.82) is 0 Å². The van der Waals surface area contributed by atoms with Crippen LogP contribution in [0.25, 0.3) is 6.08 Å². The molecule has 0 bridgehead atoms. The van der Waals surface area contributed by atoms with E-state index in [1.54, 1.807) is 0 Å². The number of hydrogen-bond donors (Lipinski definition) is 1. The van der Waals surface area contributed by atoms with Crippen LogP contribution >= 0.6 is 0 Å². The number of rotatable bonds is 7. The van der Waals surface area contributed by atoms with Crippen LogP contribution in [0, 0.1) is 6.92 Å². The predicted molar refractivity (Wildman–Crippen MR) is 144 cm³/mol. The van der Waals surface area contributed by atoms with Crippen molar-refractivity contribution in [2.24, 2.45) is 0 Å². The zero-order valence-corrected chi connectivity index (χ0v) is 21.5. The highest BCUT2D eigenvalue weighted by atomic mass is 16.5. The smallest absolute Gasteiger partial charge is 0.223 e. The lowest BCUT2D eigenvalue weighted by Gasteiger charge is -2.49. The third-order valence-electron chi connectivity index (χ3n) is 7.41. The van der Waals surface area contributed by atoms with Crippen LogP contribution in [0.5, 0.6) is 11.5 Å². The Hall–Kier alpha value is -3.73. The lowest BCUT2D eigenvalue weighted by atomic mass is 9.74. The molecule has 1 saturated heterocycles. The van der Waals surface area contributed by atoms with Crippen molar-refractivity contribution in [3.8, 4) is 11.5 Å². The molecule has 5 nitrogen and oxygen atoms in total. The van der Waals surface area contributed by atoms with E-state index in [4.69, 9.17) is 9.47 Å². The number of nitrogens with zero attached hydrogens (tertiary/aromatic N) is 1. The number of aryl methyl sites for hydroxylation is 1. The van der Waals surface area contributed by atoms with Crippen LogP contribution in [0.3, 0.4) is 0 Å². The monoisotopic (exact) mass is 482 g/mol. The van der Waals surface area contributed by atoms with E-state index in [-0.39, 0.29) is 11.3 Å². The summed E-state index contributed by atoms with van der Waals surface area (Å²) >= 11 is 0. The van der Waals surface area contributed by atoms with Crippen molar-refractivity contribution in [1.82, 2.24) is 5.32 Å². The maximum Gasteiger partial charge on any atom is 0.223 e. The molecule has 0 unspecified atom stereocenters. The first-order valence-corrected chi connectivity index (χ1v) is 12.7. The summed E-state index contributed by atoms with van der Waals surface area (Å²) in [7, 11) is 0. The quantitative estimate of drug-likeness (QED) is 0.449. The summed E-state index contributed by atoms with van der Waals surface area (Å²) in [5.74, 6) is 1.50. The average molecular weight is 483 g/mol. The Morgan fingerprint density at radius 2 is 1.81 bits per heavy atom. The minimum atomic E-state index is -0.646. The third-order valence-corrected chi connectivity index (χ3v) is 7.41. The fourth-order valence-electron chi connectivity index (χ4n) is 5.44. The van der Waals surface area contributed by atoms with Crippen molar-refractivity contribution in [2.45, 2.75) is 51.8 Å². The molecule has 0 saturated carbocycles. The number of anilines is 1. The summed E-state index contributed by atoms with van der Waals surface area (Å²) in [6.07, 6.45) is 4.72. The molecule has 36 heavy (non-hydrogen) atoms. The fraction of sp³-hybridized carbons (Fsp3) is 0.323. The van der Waals surface area contributed by atoms with E-state index >= 15 is 0 Å². The lowest BCUT2D eigenvalue weighted by Crippen LogP contribution is -2.68. The van der Waals surface area contributed by atoms with Gasteiger partial charge in [0.05, 0.1) is 6.61 Å². The number of fused-ring (bicyclic) bond motifs is 3. The number of carbonyl (C=O) groups is 1. The van der Waals surface area contributed by atoms with Crippen molar-refractivity contribution in [2.75, 3.05) is 18.1 Å². The maximum absolute atomic E-state index is 12.7. The van der Waals surface area contributed by atoms with E-state index < -0.39 is 5.66 Å². The molecular weight excluding hydrogens is 448 g/mol. The standard InChI is InChI=1S/C31H34N2O3/c1-5-35-28-20-23(12-14-27(28)36-21-24-9-7-6-8-10-24)15-17-31-30(3,4)25-19-22(2)11-13-26(25)33(31)18-16-29(34)32-31/h6-15,17,19-20H,5,16,18,21H2,1-4H3,(H,32,34)/t31-/m0/s1. The Bertz CT molecular complexity index is 1300. The first-order valence-electron chi connectivity index (χ1n) is 12.7. The van der Waals surface area contributed by atoms with Crippen LogP contribution in [-0.4, -0.2) is 24.7 Å². The van der Waals surface area contributed by atoms with E-state index in [2.05, 4.69) is 61.3 Å². The highest BCUT2D eigenvalue weighted by Crippen LogP contribution is 2.52. The van der Waals surface area contributed by atoms with E-state index in [9.17, 15) is 4.79 Å². The molecule has 186 valence electrons. The Morgan fingerprint density at radius 3 is 2.58 bits per heavy atom. The molecule has 0 aromatic heterocycles. The molecule has 1 amide bonds. The van der Waals surface area contributed by atoms with Crippen molar-refractivity contribution in [3.05, 3.63) is 95.1 Å². The molecule has 1 N–H and O–H groups in total. The summed E-state index contributed by atoms with van der Waals surface area (Å²) in [6.45, 7) is 10.2. The van der Waals surface area contributed by atoms with Crippen LogP contribution in [0.15, 0.2) is 72.8 Å². The van der Waals surface area contributed by atoms with Crippen LogP contribution in [0.4, 0.5) is 5.69 Å². The molecule has 0 aliphatic carbocycles. The number of carbonyl (C=O) groups excluding carboxylic acids is 1. The van der Waals surface area contributed by atoms with Crippen LogP contribution in [0.1, 0.15) is 49.4 Å². The van der Waals surface area contributed by atoms with Gasteiger partial charge in [-0.2, -0.15) is 0 Å². The Kier molecular flexibility index (Phi) is 6.25. The van der Waals surface area contributed by atoms with Gasteiger partial charge < -0.3 is 19.7 Å². The minimum absolute atomic E-state index is 0.0770. The molecule has 1 atom stereocenters. The summed E-state index contributed by atoms with van der Waals surface area (Å²) in [5, 5.41) is 3.35. The van der Waals surface area contributed by atoms with Gasteiger partial charge in [0.2, 0.25) is 5.91 Å². The molecule has 2 aliphatic heterocycles. The molecule has 3 aromatic carbocycles. The second kappa shape index (κ2) is 9.38. The van der Waals surface area contributed by atoms with Gasteiger partial charge in [-0.05, 0) is 54.8 Å². The van der Waals surface area contributed by atoms with Crippen molar-refractivity contribution in [3.63, 3.8) is 0 Å². The first-order chi connectivity index (χ1) is 17.3. The van der Waals surface area contributed by atoms with Gasteiger partial charge in [-0.3, -0.25) is 4.79 Å². The van der Waals surface area contributed by atoms with E-state index in [0.717, 1.165) is 11.1 Å². The van der Waals surface area contributed by atoms with Gasteiger partial charge in [-0.1, -0.05) is 74.0 Å².